The third-order valence-corrected chi connectivity index (χ3v) is 6.89. The third-order valence-electron chi connectivity index (χ3n) is 6.31. The molecule has 1 amide bonds. The molecule has 1 unspecified atom stereocenters. The molecule has 1 saturated heterocycles. The van der Waals surface area contributed by atoms with E-state index in [0.717, 1.165) is 37.5 Å². The van der Waals surface area contributed by atoms with Crippen molar-refractivity contribution in [1.29, 1.82) is 0 Å². The highest BCUT2D eigenvalue weighted by atomic mass is 32.2. The molecule has 8 heteroatoms. The van der Waals surface area contributed by atoms with Crippen LogP contribution in [0.4, 0.5) is 5.82 Å². The van der Waals surface area contributed by atoms with Crippen LogP contribution in [0.2, 0.25) is 0 Å². The normalized spacial score (nSPS) is 26.7. The number of carbonyl (C=O) groups excluding carboxylic acids is 1. The Balaban J connectivity index is 1.57. The topological polar surface area (TPSA) is 99.6 Å². The maximum Gasteiger partial charge on any atom is 0.255 e. The summed E-state index contributed by atoms with van der Waals surface area (Å²) in [6.45, 7) is 0.467. The van der Waals surface area contributed by atoms with Gasteiger partial charge in [-0.3, -0.25) is 9.52 Å². The van der Waals surface area contributed by atoms with Crippen LogP contribution in [-0.4, -0.2) is 48.2 Å². The summed E-state index contributed by atoms with van der Waals surface area (Å²) in [5.74, 6) is 0.0487. The van der Waals surface area contributed by atoms with Crippen LogP contribution in [0.25, 0.3) is 0 Å². The average molecular weight is 430 g/mol. The number of nitrogens with one attached hydrogen (secondary N) is 1. The van der Waals surface area contributed by atoms with Crippen LogP contribution in [-0.2, 0) is 15.6 Å². The van der Waals surface area contributed by atoms with E-state index in [0.29, 0.717) is 18.5 Å². The second kappa shape index (κ2) is 8.00. The van der Waals surface area contributed by atoms with Gasteiger partial charge in [0.15, 0.2) is 0 Å². The van der Waals surface area contributed by atoms with Crippen molar-refractivity contribution in [2.24, 2.45) is 5.92 Å². The molecule has 2 heterocycles. The summed E-state index contributed by atoms with van der Waals surface area (Å²) in [5, 5.41) is 11.6. The number of hydrogen-bond donors (Lipinski definition) is 2. The quantitative estimate of drug-likeness (QED) is 0.779. The zero-order valence-corrected chi connectivity index (χ0v) is 17.8. The van der Waals surface area contributed by atoms with Gasteiger partial charge in [-0.1, -0.05) is 43.2 Å². The minimum Gasteiger partial charge on any atom is -0.385 e. The van der Waals surface area contributed by atoms with Crippen LogP contribution in [0.15, 0.2) is 48.7 Å². The lowest BCUT2D eigenvalue weighted by Gasteiger charge is -2.52. The number of nitrogens with zero attached hydrogens (tertiary/aromatic N) is 2. The van der Waals surface area contributed by atoms with Gasteiger partial charge in [-0.25, -0.2) is 13.4 Å². The van der Waals surface area contributed by atoms with Gasteiger partial charge in [0.2, 0.25) is 10.0 Å². The first-order valence-electron chi connectivity index (χ1n) is 10.3. The summed E-state index contributed by atoms with van der Waals surface area (Å²) in [6, 6.07) is 12.8. The Labute approximate surface area is 177 Å². The lowest BCUT2D eigenvalue weighted by Crippen LogP contribution is -2.59. The molecule has 2 aliphatic rings. The third kappa shape index (κ3) is 4.06. The Hall–Kier alpha value is -2.45. The average Bonchev–Trinajstić information content (AvgIpc) is 2.74. The molecule has 2 N–H and O–H groups in total. The first-order chi connectivity index (χ1) is 14.3. The molecule has 1 aromatic heterocycles. The van der Waals surface area contributed by atoms with E-state index in [2.05, 4.69) is 9.71 Å². The molecular weight excluding hydrogens is 402 g/mol. The number of hydrogen-bond acceptors (Lipinski definition) is 5. The number of sulfonamides is 1. The molecule has 2 fully saturated rings. The summed E-state index contributed by atoms with van der Waals surface area (Å²) >= 11 is 0. The van der Waals surface area contributed by atoms with Gasteiger partial charge >= 0.3 is 0 Å². The second-order valence-electron chi connectivity index (χ2n) is 8.30. The van der Waals surface area contributed by atoms with Gasteiger partial charge in [0, 0.05) is 24.7 Å². The van der Waals surface area contributed by atoms with Crippen LogP contribution in [0.1, 0.15) is 48.0 Å². The zero-order valence-electron chi connectivity index (χ0n) is 17.0. The SMILES string of the molecule is CS(=O)(=O)Nc1ccc(C(=O)N2CC[C@](O)(c3ccccc3)[C@H]3CCCCC32)cn1. The van der Waals surface area contributed by atoms with Crippen molar-refractivity contribution in [3.63, 3.8) is 0 Å². The fourth-order valence-corrected chi connectivity index (χ4v) is 5.46. The van der Waals surface area contributed by atoms with Crippen LogP contribution in [0, 0.1) is 5.92 Å². The predicted molar refractivity (Wildman–Crippen MR) is 114 cm³/mol. The highest BCUT2D eigenvalue weighted by molar-refractivity contribution is 7.92. The van der Waals surface area contributed by atoms with E-state index in [9.17, 15) is 18.3 Å². The van der Waals surface area contributed by atoms with Crippen LogP contribution in [0.5, 0.6) is 0 Å². The van der Waals surface area contributed by atoms with Gasteiger partial charge in [-0.05, 0) is 37.0 Å². The molecule has 2 aromatic rings. The van der Waals surface area contributed by atoms with Gasteiger partial charge in [0.1, 0.15) is 5.82 Å². The van der Waals surface area contributed by atoms with Crippen molar-refractivity contribution in [2.75, 3.05) is 17.5 Å². The number of amides is 1. The molecule has 0 radical (unpaired) electrons. The zero-order chi connectivity index (χ0) is 21.4. The van der Waals surface area contributed by atoms with E-state index in [1.54, 1.807) is 6.07 Å². The highest BCUT2D eigenvalue weighted by Crippen LogP contribution is 2.47. The van der Waals surface area contributed by atoms with E-state index >= 15 is 0 Å². The van der Waals surface area contributed by atoms with E-state index < -0.39 is 15.6 Å². The lowest BCUT2D eigenvalue weighted by atomic mass is 9.66. The summed E-state index contributed by atoms with van der Waals surface area (Å²) in [6.07, 6.45) is 6.79. The minimum atomic E-state index is -3.42. The van der Waals surface area contributed by atoms with E-state index in [1.807, 2.05) is 35.2 Å². The molecule has 160 valence electrons. The molecule has 1 aliphatic carbocycles. The minimum absolute atomic E-state index is 0.00881. The lowest BCUT2D eigenvalue weighted by molar-refractivity contribution is -0.110. The van der Waals surface area contributed by atoms with Crippen molar-refractivity contribution in [3.05, 3.63) is 59.8 Å². The number of carbonyl (C=O) groups is 1. The van der Waals surface area contributed by atoms with Crippen molar-refractivity contribution in [3.8, 4) is 0 Å². The fraction of sp³-hybridized carbons (Fsp3) is 0.455. The number of anilines is 1. The Morgan fingerprint density at radius 2 is 1.90 bits per heavy atom. The predicted octanol–water partition coefficient (Wildman–Crippen LogP) is 2.75. The largest absolute Gasteiger partial charge is 0.385 e. The first kappa shape index (κ1) is 20.8. The monoisotopic (exact) mass is 429 g/mol. The number of aliphatic hydroxyl groups is 1. The molecule has 1 aromatic carbocycles. The molecule has 1 saturated carbocycles. The molecule has 30 heavy (non-hydrogen) atoms. The fourth-order valence-electron chi connectivity index (χ4n) is 4.96. The van der Waals surface area contributed by atoms with E-state index in [4.69, 9.17) is 0 Å². The molecule has 1 aliphatic heterocycles. The summed E-state index contributed by atoms with van der Waals surface area (Å²) < 4.78 is 25.0. The Morgan fingerprint density at radius 1 is 1.17 bits per heavy atom. The standard InChI is InChI=1S/C22H27N3O4S/c1-30(28,29)24-20-12-11-16(15-23-20)21(26)25-14-13-22(27,17-7-3-2-4-8-17)18-9-5-6-10-19(18)25/h2-4,7-8,11-12,15,18-19,27H,5-6,9-10,13-14H2,1H3,(H,23,24)/t18-,19?,22-/m0/s1. The molecule has 0 bridgehead atoms. The van der Waals surface area contributed by atoms with Gasteiger partial charge in [-0.2, -0.15) is 0 Å². The number of piperidine rings is 1. The van der Waals surface area contributed by atoms with Crippen LogP contribution < -0.4 is 4.72 Å². The second-order valence-corrected chi connectivity index (χ2v) is 10.1. The van der Waals surface area contributed by atoms with Crippen molar-refractivity contribution >= 4 is 21.7 Å². The van der Waals surface area contributed by atoms with Gasteiger partial charge in [0.25, 0.3) is 5.91 Å². The van der Waals surface area contributed by atoms with Gasteiger partial charge in [0.05, 0.1) is 17.4 Å². The Kier molecular flexibility index (Phi) is 5.55. The van der Waals surface area contributed by atoms with Crippen molar-refractivity contribution in [1.82, 2.24) is 9.88 Å². The Bertz CT molecular complexity index is 1010. The van der Waals surface area contributed by atoms with Crippen LogP contribution >= 0.6 is 0 Å². The number of likely N-dealkylation sites (tertiary alicyclic amines) is 1. The highest BCUT2D eigenvalue weighted by Gasteiger charge is 2.50. The molecule has 4 rings (SSSR count). The van der Waals surface area contributed by atoms with Gasteiger partial charge in [-0.15, -0.1) is 0 Å². The van der Waals surface area contributed by atoms with Gasteiger partial charge < -0.3 is 10.0 Å². The summed E-state index contributed by atoms with van der Waals surface area (Å²) in [7, 11) is -3.42. The number of fused-ring (bicyclic) bond motifs is 1. The maximum atomic E-state index is 13.3. The molecule has 3 atom stereocenters. The Morgan fingerprint density at radius 3 is 2.57 bits per heavy atom. The number of benzene rings is 1. The number of aromatic nitrogens is 1. The molecule has 7 nitrogen and oxygen atoms in total. The smallest absolute Gasteiger partial charge is 0.255 e. The van der Waals surface area contributed by atoms with Crippen LogP contribution in [0.3, 0.4) is 0 Å². The summed E-state index contributed by atoms with van der Waals surface area (Å²) in [5.41, 5.74) is 0.417. The summed E-state index contributed by atoms with van der Waals surface area (Å²) in [4.78, 5) is 19.2. The first-order valence-corrected chi connectivity index (χ1v) is 12.2. The maximum absolute atomic E-state index is 13.3. The molecule has 0 spiro atoms. The number of rotatable bonds is 4. The van der Waals surface area contributed by atoms with E-state index in [-0.39, 0.29) is 23.7 Å². The van der Waals surface area contributed by atoms with E-state index in [1.165, 1.54) is 12.3 Å². The van der Waals surface area contributed by atoms with Crippen molar-refractivity contribution in [2.45, 2.75) is 43.7 Å². The van der Waals surface area contributed by atoms with Crippen molar-refractivity contribution < 1.29 is 18.3 Å². The number of pyridine rings is 1. The molecular formula is C22H27N3O4S.